The van der Waals surface area contributed by atoms with E-state index in [1.54, 1.807) is 17.7 Å². The van der Waals surface area contributed by atoms with Crippen LogP contribution in [0.4, 0.5) is 18.9 Å². The molecule has 192 valence electrons. The van der Waals surface area contributed by atoms with Crippen LogP contribution in [0.25, 0.3) is 0 Å². The van der Waals surface area contributed by atoms with E-state index < -0.39 is 23.7 Å². The van der Waals surface area contributed by atoms with Crippen molar-refractivity contribution in [2.75, 3.05) is 11.1 Å². The number of nitrogens with one attached hydrogen (secondary N) is 2. The van der Waals surface area contributed by atoms with Gasteiger partial charge in [-0.05, 0) is 42.3 Å². The minimum atomic E-state index is -4.51. The van der Waals surface area contributed by atoms with Gasteiger partial charge in [-0.2, -0.15) is 13.2 Å². The highest BCUT2D eigenvalue weighted by Gasteiger charge is 2.30. The lowest BCUT2D eigenvalue weighted by Crippen LogP contribution is -2.33. The summed E-state index contributed by atoms with van der Waals surface area (Å²) in [7, 11) is 1.70. The van der Waals surface area contributed by atoms with Crippen LogP contribution in [-0.2, 0) is 18.0 Å². The first-order chi connectivity index (χ1) is 16.9. The summed E-state index contributed by atoms with van der Waals surface area (Å²) in [5.74, 6) is -0.562. The predicted molar refractivity (Wildman–Crippen MR) is 133 cm³/mol. The van der Waals surface area contributed by atoms with Gasteiger partial charge in [0.15, 0.2) is 11.0 Å². The predicted octanol–water partition coefficient (Wildman–Crippen LogP) is 6.00. The first kappa shape index (κ1) is 27.8. The second-order valence-electron chi connectivity index (χ2n) is 8.14. The van der Waals surface area contributed by atoms with E-state index in [2.05, 4.69) is 20.8 Å². The summed E-state index contributed by atoms with van der Waals surface area (Å²) in [4.78, 5) is 25.1. The molecule has 36 heavy (non-hydrogen) atoms. The Morgan fingerprint density at radius 1 is 1.08 bits per heavy atom. The molecule has 0 spiro atoms. The van der Waals surface area contributed by atoms with Crippen molar-refractivity contribution in [3.05, 3.63) is 69.5 Å². The van der Waals surface area contributed by atoms with Crippen LogP contribution in [-0.4, -0.2) is 32.3 Å². The number of hydrogen-bond donors (Lipinski definition) is 2. The van der Waals surface area contributed by atoms with Gasteiger partial charge in [-0.3, -0.25) is 9.59 Å². The normalized spacial score (nSPS) is 12.5. The molecular weight excluding hydrogens is 538 g/mol. The number of rotatable bonds is 8. The number of carbonyl (C=O) groups excluding carboxylic acids is 2. The molecule has 13 heteroatoms. The smallest absolute Gasteiger partial charge is 0.342 e. The summed E-state index contributed by atoms with van der Waals surface area (Å²) in [6.07, 6.45) is -4.51. The molecule has 7 nitrogen and oxygen atoms in total. The van der Waals surface area contributed by atoms with Crippen LogP contribution < -0.4 is 10.6 Å². The number of thioether (sulfide) groups is 1. The summed E-state index contributed by atoms with van der Waals surface area (Å²) in [6, 6.07) is 8.45. The maximum atomic E-state index is 12.9. The number of aromatic nitrogens is 3. The molecule has 0 saturated carbocycles. The van der Waals surface area contributed by atoms with E-state index in [1.807, 2.05) is 13.8 Å². The molecule has 0 aliphatic rings. The molecule has 0 aliphatic heterocycles. The van der Waals surface area contributed by atoms with Gasteiger partial charge in [0.25, 0.3) is 5.91 Å². The maximum Gasteiger partial charge on any atom is 0.416 e. The van der Waals surface area contributed by atoms with Crippen LogP contribution >= 0.6 is 35.0 Å². The number of anilines is 1. The number of alkyl halides is 3. The molecule has 0 saturated heterocycles. The summed E-state index contributed by atoms with van der Waals surface area (Å²) < 4.78 is 40.3. The fourth-order valence-corrected chi connectivity index (χ4v) is 4.23. The standard InChI is InChI=1S/C23H22Cl2F3N5O2S/c1-12(2)19(30-21(35)13-7-8-16(24)17(25)9-13)20-31-32-22(33(20)3)36-11-18(34)29-15-6-4-5-14(10-15)23(26,27)28/h4-10,12,19H,11H2,1-3H3,(H,29,34)(H,30,35)/t19-/m0/s1. The number of hydrogen-bond acceptors (Lipinski definition) is 5. The Labute approximate surface area is 219 Å². The van der Waals surface area contributed by atoms with Gasteiger partial charge in [0.1, 0.15) is 0 Å². The average molecular weight is 560 g/mol. The van der Waals surface area contributed by atoms with Crippen molar-refractivity contribution < 1.29 is 22.8 Å². The minimum absolute atomic E-state index is 0.0407. The summed E-state index contributed by atoms with van der Waals surface area (Å²) in [5.41, 5.74) is -0.481. The quantitative estimate of drug-likeness (QED) is 0.330. The van der Waals surface area contributed by atoms with Crippen LogP contribution in [0, 0.1) is 5.92 Å². The van der Waals surface area contributed by atoms with Crippen LogP contribution in [0.5, 0.6) is 0 Å². The van der Waals surface area contributed by atoms with Gasteiger partial charge in [-0.25, -0.2) is 0 Å². The van der Waals surface area contributed by atoms with Gasteiger partial charge < -0.3 is 15.2 Å². The minimum Gasteiger partial charge on any atom is -0.342 e. The van der Waals surface area contributed by atoms with E-state index in [4.69, 9.17) is 23.2 Å². The molecule has 2 aromatic carbocycles. The molecule has 2 amide bonds. The van der Waals surface area contributed by atoms with Gasteiger partial charge in [-0.15, -0.1) is 10.2 Å². The van der Waals surface area contributed by atoms with E-state index in [1.165, 1.54) is 24.3 Å². The molecular formula is C23H22Cl2F3N5O2S. The van der Waals surface area contributed by atoms with E-state index in [9.17, 15) is 22.8 Å². The van der Waals surface area contributed by atoms with E-state index in [-0.39, 0.29) is 28.3 Å². The average Bonchev–Trinajstić information content (AvgIpc) is 3.17. The molecule has 1 atom stereocenters. The molecule has 2 N–H and O–H groups in total. The number of halogens is 5. The fourth-order valence-electron chi connectivity index (χ4n) is 3.21. The van der Waals surface area contributed by atoms with Crippen LogP contribution in [0.2, 0.25) is 10.0 Å². The van der Waals surface area contributed by atoms with Gasteiger partial charge in [-0.1, -0.05) is 54.9 Å². The van der Waals surface area contributed by atoms with Crippen molar-refractivity contribution in [2.45, 2.75) is 31.2 Å². The molecule has 0 radical (unpaired) electrons. The number of nitrogens with zero attached hydrogens (tertiary/aromatic N) is 3. The van der Waals surface area contributed by atoms with Crippen LogP contribution in [0.3, 0.4) is 0 Å². The lowest BCUT2D eigenvalue weighted by atomic mass is 10.0. The highest BCUT2D eigenvalue weighted by molar-refractivity contribution is 7.99. The van der Waals surface area contributed by atoms with Crippen molar-refractivity contribution in [2.24, 2.45) is 13.0 Å². The highest BCUT2D eigenvalue weighted by atomic mass is 35.5. The van der Waals surface area contributed by atoms with Gasteiger partial charge in [0.2, 0.25) is 5.91 Å². The van der Waals surface area contributed by atoms with Gasteiger partial charge in [0, 0.05) is 18.3 Å². The molecule has 0 fully saturated rings. The Morgan fingerprint density at radius 3 is 2.44 bits per heavy atom. The monoisotopic (exact) mass is 559 g/mol. The number of carbonyl (C=O) groups is 2. The Kier molecular flexibility index (Phi) is 8.91. The number of benzene rings is 2. The summed E-state index contributed by atoms with van der Waals surface area (Å²) in [5, 5.41) is 14.7. The van der Waals surface area contributed by atoms with Gasteiger partial charge in [0.05, 0.1) is 27.4 Å². The van der Waals surface area contributed by atoms with E-state index >= 15 is 0 Å². The van der Waals surface area contributed by atoms with Crippen molar-refractivity contribution in [1.29, 1.82) is 0 Å². The summed E-state index contributed by atoms with van der Waals surface area (Å²) >= 11 is 13.0. The lowest BCUT2D eigenvalue weighted by Gasteiger charge is -2.22. The summed E-state index contributed by atoms with van der Waals surface area (Å²) in [6.45, 7) is 3.81. The molecule has 0 unspecified atom stereocenters. The Morgan fingerprint density at radius 2 is 1.81 bits per heavy atom. The van der Waals surface area contributed by atoms with E-state index in [0.29, 0.717) is 21.6 Å². The van der Waals surface area contributed by atoms with Crippen molar-refractivity contribution in [3.63, 3.8) is 0 Å². The second kappa shape index (κ2) is 11.5. The molecule has 1 aromatic heterocycles. The molecule has 0 aliphatic carbocycles. The molecule has 3 rings (SSSR count). The third kappa shape index (κ3) is 6.92. The molecule has 3 aromatic rings. The first-order valence-electron chi connectivity index (χ1n) is 10.6. The largest absolute Gasteiger partial charge is 0.416 e. The van der Waals surface area contributed by atoms with Crippen molar-refractivity contribution >= 4 is 52.5 Å². The molecule has 0 bridgehead atoms. The van der Waals surface area contributed by atoms with Crippen molar-refractivity contribution in [1.82, 2.24) is 20.1 Å². The SMILES string of the molecule is CC(C)[C@H](NC(=O)c1ccc(Cl)c(Cl)c1)c1nnc(SCC(=O)Nc2cccc(C(F)(F)F)c2)n1C. The van der Waals surface area contributed by atoms with Crippen LogP contribution in [0.15, 0.2) is 47.6 Å². The van der Waals surface area contributed by atoms with Gasteiger partial charge >= 0.3 is 6.18 Å². The zero-order valence-corrected chi connectivity index (χ0v) is 21.7. The zero-order chi connectivity index (χ0) is 26.6. The number of amides is 2. The maximum absolute atomic E-state index is 12.9. The third-order valence-electron chi connectivity index (χ3n) is 5.09. The fraction of sp³-hybridized carbons (Fsp3) is 0.304. The Balaban J connectivity index is 1.67. The highest BCUT2D eigenvalue weighted by Crippen LogP contribution is 2.31. The topological polar surface area (TPSA) is 88.9 Å². The third-order valence-corrected chi connectivity index (χ3v) is 6.85. The molecule has 1 heterocycles. The second-order valence-corrected chi connectivity index (χ2v) is 9.90. The Bertz CT molecular complexity index is 1270. The van der Waals surface area contributed by atoms with Crippen LogP contribution in [0.1, 0.15) is 41.6 Å². The Hall–Kier alpha value is -2.76. The van der Waals surface area contributed by atoms with Crippen molar-refractivity contribution in [3.8, 4) is 0 Å². The first-order valence-corrected chi connectivity index (χ1v) is 12.4. The zero-order valence-electron chi connectivity index (χ0n) is 19.4. The lowest BCUT2D eigenvalue weighted by molar-refractivity contribution is -0.137. The van der Waals surface area contributed by atoms with E-state index in [0.717, 1.165) is 23.9 Å².